The van der Waals surface area contributed by atoms with Crippen molar-refractivity contribution in [2.75, 3.05) is 18.0 Å². The van der Waals surface area contributed by atoms with Crippen molar-refractivity contribution in [3.8, 4) is 6.07 Å². The molecule has 1 fully saturated rings. The van der Waals surface area contributed by atoms with E-state index in [0.717, 1.165) is 11.2 Å². The lowest BCUT2D eigenvalue weighted by atomic mass is 9.96. The van der Waals surface area contributed by atoms with Crippen LogP contribution >= 0.6 is 0 Å². The van der Waals surface area contributed by atoms with Gasteiger partial charge in [-0.2, -0.15) is 10.4 Å². The minimum atomic E-state index is -0.586. The fraction of sp³-hybridized carbons (Fsp3) is 0.333. The normalized spacial score (nSPS) is 17.8. The predicted octanol–water partition coefficient (Wildman–Crippen LogP) is 0.777. The molecular weight excluding hydrogens is 216 g/mol. The summed E-state index contributed by atoms with van der Waals surface area (Å²) in [5.74, 6) is 0. The van der Waals surface area contributed by atoms with Gasteiger partial charge in [-0.3, -0.25) is 0 Å². The SMILES string of the molecule is CC1(O)CN(c2ccc3c(C#N)cnn3c2)C1. The number of anilines is 1. The lowest BCUT2D eigenvalue weighted by Crippen LogP contribution is -2.60. The van der Waals surface area contributed by atoms with Gasteiger partial charge in [-0.1, -0.05) is 0 Å². The zero-order valence-electron chi connectivity index (χ0n) is 9.46. The van der Waals surface area contributed by atoms with Crippen LogP contribution in [-0.4, -0.2) is 33.4 Å². The van der Waals surface area contributed by atoms with Gasteiger partial charge in [0.2, 0.25) is 0 Å². The van der Waals surface area contributed by atoms with Crippen molar-refractivity contribution in [1.82, 2.24) is 9.61 Å². The van der Waals surface area contributed by atoms with Crippen LogP contribution in [0.1, 0.15) is 12.5 Å². The molecule has 1 aliphatic heterocycles. The molecule has 1 N–H and O–H groups in total. The van der Waals surface area contributed by atoms with Crippen LogP contribution in [-0.2, 0) is 0 Å². The van der Waals surface area contributed by atoms with Gasteiger partial charge in [0.25, 0.3) is 0 Å². The van der Waals surface area contributed by atoms with Gasteiger partial charge in [-0.05, 0) is 19.1 Å². The molecule has 5 nitrogen and oxygen atoms in total. The number of hydrogen-bond acceptors (Lipinski definition) is 4. The molecule has 2 aromatic rings. The summed E-state index contributed by atoms with van der Waals surface area (Å²) in [6.07, 6.45) is 3.44. The largest absolute Gasteiger partial charge is 0.386 e. The van der Waals surface area contributed by atoms with E-state index >= 15 is 0 Å². The van der Waals surface area contributed by atoms with Gasteiger partial charge in [0.05, 0.1) is 34.8 Å². The minimum Gasteiger partial charge on any atom is -0.386 e. The first-order valence-electron chi connectivity index (χ1n) is 5.44. The van der Waals surface area contributed by atoms with Crippen LogP contribution in [0.2, 0.25) is 0 Å². The first kappa shape index (κ1) is 10.1. The van der Waals surface area contributed by atoms with Gasteiger partial charge in [-0.15, -0.1) is 0 Å². The number of aromatic nitrogens is 2. The molecule has 0 aliphatic carbocycles. The number of nitrogens with zero attached hydrogens (tertiary/aromatic N) is 4. The molecule has 5 heteroatoms. The van der Waals surface area contributed by atoms with E-state index in [-0.39, 0.29) is 0 Å². The molecule has 2 aromatic heterocycles. The maximum Gasteiger partial charge on any atom is 0.103 e. The third-order valence-corrected chi connectivity index (χ3v) is 3.05. The van der Waals surface area contributed by atoms with Crippen molar-refractivity contribution in [3.05, 3.63) is 30.1 Å². The summed E-state index contributed by atoms with van der Waals surface area (Å²) in [4.78, 5) is 2.08. The predicted molar refractivity (Wildman–Crippen MR) is 62.7 cm³/mol. The Balaban J connectivity index is 1.96. The molecular formula is C12H12N4O. The fourth-order valence-electron chi connectivity index (χ4n) is 2.21. The molecule has 0 atom stereocenters. The summed E-state index contributed by atoms with van der Waals surface area (Å²) in [6, 6.07) is 5.94. The molecule has 0 aromatic carbocycles. The number of pyridine rings is 1. The van der Waals surface area contributed by atoms with E-state index in [1.54, 1.807) is 10.7 Å². The highest BCUT2D eigenvalue weighted by Gasteiger charge is 2.36. The zero-order chi connectivity index (χ0) is 12.0. The van der Waals surface area contributed by atoms with Crippen LogP contribution in [0.4, 0.5) is 5.69 Å². The third kappa shape index (κ3) is 1.54. The summed E-state index contributed by atoms with van der Waals surface area (Å²) in [5, 5.41) is 22.7. The fourth-order valence-corrected chi connectivity index (χ4v) is 2.21. The van der Waals surface area contributed by atoms with Gasteiger partial charge < -0.3 is 10.0 Å². The maximum atomic E-state index is 9.69. The molecule has 3 heterocycles. The second-order valence-corrected chi connectivity index (χ2v) is 4.74. The van der Waals surface area contributed by atoms with Crippen LogP contribution < -0.4 is 4.90 Å². The van der Waals surface area contributed by atoms with E-state index < -0.39 is 5.60 Å². The molecule has 0 bridgehead atoms. The van der Waals surface area contributed by atoms with Crippen molar-refractivity contribution < 1.29 is 5.11 Å². The molecule has 0 saturated carbocycles. The van der Waals surface area contributed by atoms with E-state index in [9.17, 15) is 5.11 Å². The van der Waals surface area contributed by atoms with Gasteiger partial charge in [0.15, 0.2) is 0 Å². The Labute approximate surface area is 98.5 Å². The Hall–Kier alpha value is -2.06. The molecule has 1 aliphatic rings. The number of rotatable bonds is 1. The zero-order valence-corrected chi connectivity index (χ0v) is 9.46. The molecule has 17 heavy (non-hydrogen) atoms. The van der Waals surface area contributed by atoms with E-state index in [2.05, 4.69) is 16.1 Å². The van der Waals surface area contributed by atoms with E-state index in [1.165, 1.54) is 0 Å². The molecule has 3 rings (SSSR count). The quantitative estimate of drug-likeness (QED) is 0.783. The van der Waals surface area contributed by atoms with Gasteiger partial charge in [0.1, 0.15) is 6.07 Å². The first-order valence-corrected chi connectivity index (χ1v) is 5.44. The average Bonchev–Trinajstić information content (AvgIpc) is 2.67. The van der Waals surface area contributed by atoms with Crippen LogP contribution in [0, 0.1) is 11.3 Å². The molecule has 0 unspecified atom stereocenters. The van der Waals surface area contributed by atoms with Crippen LogP contribution in [0.15, 0.2) is 24.5 Å². The summed E-state index contributed by atoms with van der Waals surface area (Å²) in [6.45, 7) is 3.08. The highest BCUT2D eigenvalue weighted by molar-refractivity contribution is 5.63. The van der Waals surface area contributed by atoms with Crippen LogP contribution in [0.5, 0.6) is 0 Å². The Morgan fingerprint density at radius 1 is 1.47 bits per heavy atom. The van der Waals surface area contributed by atoms with E-state index in [1.807, 2.05) is 25.3 Å². The second-order valence-electron chi connectivity index (χ2n) is 4.74. The maximum absolute atomic E-state index is 9.69. The summed E-state index contributed by atoms with van der Waals surface area (Å²) in [7, 11) is 0. The summed E-state index contributed by atoms with van der Waals surface area (Å²) in [5.41, 5.74) is 1.81. The van der Waals surface area contributed by atoms with Crippen molar-refractivity contribution >= 4 is 11.2 Å². The number of β-amino-alcohol motifs (C(OH)–C–C–N with tert-alkyl or cyclic N) is 1. The van der Waals surface area contributed by atoms with Crippen molar-refractivity contribution in [3.63, 3.8) is 0 Å². The number of aliphatic hydroxyl groups is 1. The Kier molecular flexibility index (Phi) is 1.91. The van der Waals surface area contributed by atoms with Gasteiger partial charge >= 0.3 is 0 Å². The average molecular weight is 228 g/mol. The van der Waals surface area contributed by atoms with Gasteiger partial charge in [0, 0.05) is 13.1 Å². The van der Waals surface area contributed by atoms with Crippen LogP contribution in [0.3, 0.4) is 0 Å². The van der Waals surface area contributed by atoms with Crippen molar-refractivity contribution in [1.29, 1.82) is 5.26 Å². The van der Waals surface area contributed by atoms with Gasteiger partial charge in [-0.25, -0.2) is 4.52 Å². The second kappa shape index (κ2) is 3.22. The standard InChI is InChI=1S/C12H12N4O/c1-12(17)7-15(8-12)10-2-3-11-9(4-13)5-14-16(11)6-10/h2-3,5-6,17H,7-8H2,1H3. The van der Waals surface area contributed by atoms with E-state index in [0.29, 0.717) is 18.7 Å². The molecule has 86 valence electrons. The van der Waals surface area contributed by atoms with Crippen molar-refractivity contribution in [2.45, 2.75) is 12.5 Å². The molecule has 0 amide bonds. The lowest BCUT2D eigenvalue weighted by molar-refractivity contribution is 0.0310. The smallest absolute Gasteiger partial charge is 0.103 e. The summed E-state index contributed by atoms with van der Waals surface area (Å²) >= 11 is 0. The monoisotopic (exact) mass is 228 g/mol. The number of nitriles is 1. The first-order chi connectivity index (χ1) is 8.09. The topological polar surface area (TPSA) is 64.6 Å². The third-order valence-electron chi connectivity index (χ3n) is 3.05. The molecule has 0 spiro atoms. The number of hydrogen-bond donors (Lipinski definition) is 1. The Bertz CT molecular complexity index is 615. The number of fused-ring (bicyclic) bond motifs is 1. The molecule has 0 radical (unpaired) electrons. The Morgan fingerprint density at radius 3 is 2.88 bits per heavy atom. The Morgan fingerprint density at radius 2 is 2.24 bits per heavy atom. The van der Waals surface area contributed by atoms with E-state index in [4.69, 9.17) is 5.26 Å². The lowest BCUT2D eigenvalue weighted by Gasteiger charge is -2.45. The summed E-state index contributed by atoms with van der Waals surface area (Å²) < 4.78 is 1.70. The highest BCUT2D eigenvalue weighted by Crippen LogP contribution is 2.27. The minimum absolute atomic E-state index is 0.576. The highest BCUT2D eigenvalue weighted by atomic mass is 16.3. The van der Waals surface area contributed by atoms with Crippen molar-refractivity contribution in [2.24, 2.45) is 0 Å². The van der Waals surface area contributed by atoms with Crippen LogP contribution in [0.25, 0.3) is 5.52 Å². The molecule has 1 saturated heterocycles.